The van der Waals surface area contributed by atoms with E-state index in [0.29, 0.717) is 12.2 Å². The van der Waals surface area contributed by atoms with Crippen molar-refractivity contribution in [2.24, 2.45) is 0 Å². The van der Waals surface area contributed by atoms with Crippen molar-refractivity contribution in [3.8, 4) is 17.1 Å². The third-order valence-electron chi connectivity index (χ3n) is 5.87. The zero-order valence-electron chi connectivity index (χ0n) is 18.5. The van der Waals surface area contributed by atoms with E-state index < -0.39 is 0 Å². The van der Waals surface area contributed by atoms with Crippen molar-refractivity contribution in [2.45, 2.75) is 37.8 Å². The number of pyridine rings is 1. The van der Waals surface area contributed by atoms with Gasteiger partial charge in [-0.05, 0) is 73.2 Å². The molecule has 1 N–H and O–H groups in total. The number of hydrogen-bond donors (Lipinski definition) is 1. The molecular weight excluding hydrogens is 430 g/mol. The van der Waals surface area contributed by atoms with Crippen LogP contribution in [0, 0.1) is 6.92 Å². The SMILES string of the molecule is Cc1ccccc1-n1c(SCCC(=O)Nc2ccc3c(c2)CCC3)nnc1-c1ccncc1. The topological polar surface area (TPSA) is 72.7 Å². The van der Waals surface area contributed by atoms with E-state index in [1.165, 1.54) is 29.3 Å². The summed E-state index contributed by atoms with van der Waals surface area (Å²) in [5, 5.41) is 12.7. The van der Waals surface area contributed by atoms with Crippen molar-refractivity contribution in [2.75, 3.05) is 11.1 Å². The number of rotatable bonds is 7. The minimum absolute atomic E-state index is 0.0109. The Balaban J connectivity index is 1.31. The molecule has 0 aliphatic heterocycles. The second kappa shape index (κ2) is 9.58. The Morgan fingerprint density at radius 3 is 2.70 bits per heavy atom. The Morgan fingerprint density at radius 2 is 1.85 bits per heavy atom. The third-order valence-corrected chi connectivity index (χ3v) is 6.80. The fraction of sp³-hybridized carbons (Fsp3) is 0.231. The number of aromatic nitrogens is 4. The normalized spacial score (nSPS) is 12.5. The molecule has 0 fully saturated rings. The molecule has 0 spiro atoms. The molecule has 2 aromatic carbocycles. The molecule has 2 aromatic heterocycles. The van der Waals surface area contributed by atoms with Crippen LogP contribution >= 0.6 is 11.8 Å². The molecule has 33 heavy (non-hydrogen) atoms. The molecule has 5 rings (SSSR count). The van der Waals surface area contributed by atoms with Gasteiger partial charge in [-0.3, -0.25) is 14.3 Å². The van der Waals surface area contributed by atoms with Crippen molar-refractivity contribution in [3.63, 3.8) is 0 Å². The summed E-state index contributed by atoms with van der Waals surface area (Å²) in [6.07, 6.45) is 7.34. The maximum atomic E-state index is 12.6. The smallest absolute Gasteiger partial charge is 0.225 e. The Morgan fingerprint density at radius 1 is 1.03 bits per heavy atom. The number of aryl methyl sites for hydroxylation is 3. The van der Waals surface area contributed by atoms with Crippen LogP contribution in [0.15, 0.2) is 72.1 Å². The molecule has 4 aromatic rings. The van der Waals surface area contributed by atoms with Gasteiger partial charge >= 0.3 is 0 Å². The first-order chi connectivity index (χ1) is 16.2. The summed E-state index contributed by atoms with van der Waals surface area (Å²) in [7, 11) is 0. The van der Waals surface area contributed by atoms with E-state index in [4.69, 9.17) is 0 Å². The van der Waals surface area contributed by atoms with Crippen LogP contribution in [0.4, 0.5) is 5.69 Å². The van der Waals surface area contributed by atoms with E-state index in [9.17, 15) is 4.79 Å². The van der Waals surface area contributed by atoms with Crippen molar-refractivity contribution in [1.29, 1.82) is 0 Å². The van der Waals surface area contributed by atoms with Crippen LogP contribution in [0.3, 0.4) is 0 Å². The highest BCUT2D eigenvalue weighted by molar-refractivity contribution is 7.99. The zero-order chi connectivity index (χ0) is 22.6. The second-order valence-corrected chi connectivity index (χ2v) is 9.21. The molecule has 1 aliphatic carbocycles. The molecular formula is C26H25N5OS. The van der Waals surface area contributed by atoms with Crippen molar-refractivity contribution >= 4 is 23.4 Å². The van der Waals surface area contributed by atoms with E-state index in [1.54, 1.807) is 12.4 Å². The van der Waals surface area contributed by atoms with Crippen molar-refractivity contribution in [1.82, 2.24) is 19.7 Å². The number of para-hydroxylation sites is 1. The number of benzene rings is 2. The standard InChI is InChI=1S/C26H25N5OS/c1-18-5-2-3-8-23(18)31-25(20-11-14-27-15-12-20)29-30-26(31)33-16-13-24(32)28-22-10-9-19-6-4-7-21(19)17-22/h2-3,5,8-12,14-15,17H,4,6-7,13,16H2,1H3,(H,28,32). The first kappa shape index (κ1) is 21.4. The minimum Gasteiger partial charge on any atom is -0.326 e. The Labute approximate surface area is 197 Å². The lowest BCUT2D eigenvalue weighted by atomic mass is 10.1. The predicted molar refractivity (Wildman–Crippen MR) is 132 cm³/mol. The Hall–Kier alpha value is -3.45. The van der Waals surface area contributed by atoms with Gasteiger partial charge in [0.05, 0.1) is 5.69 Å². The maximum absolute atomic E-state index is 12.6. The molecule has 0 bridgehead atoms. The molecule has 0 saturated carbocycles. The summed E-state index contributed by atoms with van der Waals surface area (Å²) in [4.78, 5) is 16.7. The van der Waals surface area contributed by atoms with Gasteiger partial charge in [-0.1, -0.05) is 36.0 Å². The molecule has 0 saturated heterocycles. The highest BCUT2D eigenvalue weighted by Crippen LogP contribution is 2.30. The molecule has 7 heteroatoms. The Bertz CT molecular complexity index is 1290. The molecule has 0 radical (unpaired) electrons. The van der Waals surface area contributed by atoms with E-state index >= 15 is 0 Å². The van der Waals surface area contributed by atoms with Crippen LogP contribution < -0.4 is 5.32 Å². The van der Waals surface area contributed by atoms with Gasteiger partial charge < -0.3 is 5.32 Å². The molecule has 166 valence electrons. The van der Waals surface area contributed by atoms with Crippen LogP contribution in [0.25, 0.3) is 17.1 Å². The number of fused-ring (bicyclic) bond motifs is 1. The van der Waals surface area contributed by atoms with Crippen LogP contribution in [-0.2, 0) is 17.6 Å². The van der Waals surface area contributed by atoms with Crippen molar-refractivity contribution < 1.29 is 4.79 Å². The first-order valence-corrected chi connectivity index (χ1v) is 12.1. The lowest BCUT2D eigenvalue weighted by Crippen LogP contribution is -2.12. The predicted octanol–water partition coefficient (Wildman–Crippen LogP) is 5.25. The van der Waals surface area contributed by atoms with Gasteiger partial charge in [0.15, 0.2) is 11.0 Å². The molecule has 0 atom stereocenters. The van der Waals surface area contributed by atoms with Crippen LogP contribution in [0.5, 0.6) is 0 Å². The number of carbonyl (C=O) groups excluding carboxylic acids is 1. The quantitative estimate of drug-likeness (QED) is 0.386. The number of amides is 1. The largest absolute Gasteiger partial charge is 0.326 e. The summed E-state index contributed by atoms with van der Waals surface area (Å²) in [5.74, 6) is 1.38. The van der Waals surface area contributed by atoms with E-state index in [2.05, 4.69) is 56.3 Å². The average Bonchev–Trinajstić information content (AvgIpc) is 3.47. The number of anilines is 1. The number of nitrogens with one attached hydrogen (secondary N) is 1. The number of nitrogens with zero attached hydrogens (tertiary/aromatic N) is 4. The lowest BCUT2D eigenvalue weighted by molar-refractivity contribution is -0.115. The molecule has 6 nitrogen and oxygen atoms in total. The first-order valence-electron chi connectivity index (χ1n) is 11.2. The lowest BCUT2D eigenvalue weighted by Gasteiger charge is -2.13. The van der Waals surface area contributed by atoms with Gasteiger partial charge in [0.1, 0.15) is 0 Å². The second-order valence-electron chi connectivity index (χ2n) is 8.15. The molecule has 2 heterocycles. The minimum atomic E-state index is 0.0109. The molecule has 1 aliphatic rings. The van der Waals surface area contributed by atoms with Gasteiger partial charge in [0, 0.05) is 35.8 Å². The summed E-state index contributed by atoms with van der Waals surface area (Å²) >= 11 is 1.54. The van der Waals surface area contributed by atoms with E-state index in [-0.39, 0.29) is 5.91 Å². The van der Waals surface area contributed by atoms with Crippen molar-refractivity contribution in [3.05, 3.63) is 83.7 Å². The summed E-state index contributed by atoms with van der Waals surface area (Å²) < 4.78 is 2.06. The fourth-order valence-electron chi connectivity index (χ4n) is 4.19. The third kappa shape index (κ3) is 4.68. The average molecular weight is 456 g/mol. The highest BCUT2D eigenvalue weighted by atomic mass is 32.2. The van der Waals surface area contributed by atoms with Gasteiger partial charge in [-0.2, -0.15) is 0 Å². The summed E-state index contributed by atoms with van der Waals surface area (Å²) in [6.45, 7) is 2.07. The van der Waals surface area contributed by atoms with Gasteiger partial charge in [0.2, 0.25) is 5.91 Å². The Kier molecular flexibility index (Phi) is 6.21. The number of hydrogen-bond acceptors (Lipinski definition) is 5. The van der Waals surface area contributed by atoms with Crippen LogP contribution in [0.2, 0.25) is 0 Å². The summed E-state index contributed by atoms with van der Waals surface area (Å²) in [5.41, 5.74) is 6.75. The maximum Gasteiger partial charge on any atom is 0.225 e. The van der Waals surface area contributed by atoms with Gasteiger partial charge in [-0.15, -0.1) is 10.2 Å². The van der Waals surface area contributed by atoms with Gasteiger partial charge in [-0.25, -0.2) is 0 Å². The highest BCUT2D eigenvalue weighted by Gasteiger charge is 2.18. The molecule has 0 unspecified atom stereocenters. The number of carbonyl (C=O) groups is 1. The number of thioether (sulfide) groups is 1. The van der Waals surface area contributed by atoms with Crippen LogP contribution in [0.1, 0.15) is 29.5 Å². The fourth-order valence-corrected chi connectivity index (χ4v) is 5.07. The monoisotopic (exact) mass is 455 g/mol. The van der Waals surface area contributed by atoms with Gasteiger partial charge in [0.25, 0.3) is 0 Å². The molecule has 1 amide bonds. The summed E-state index contributed by atoms with van der Waals surface area (Å²) in [6, 6.07) is 18.3. The van der Waals surface area contributed by atoms with E-state index in [0.717, 1.165) is 46.3 Å². The van der Waals surface area contributed by atoms with E-state index in [1.807, 2.05) is 30.3 Å². The zero-order valence-corrected chi connectivity index (χ0v) is 19.3. The van der Waals surface area contributed by atoms with Crippen LogP contribution in [-0.4, -0.2) is 31.4 Å².